The zero-order valence-corrected chi connectivity index (χ0v) is 13.9. The van der Waals surface area contributed by atoms with Gasteiger partial charge in [0, 0.05) is 16.8 Å². The Balaban J connectivity index is 1.82. The summed E-state index contributed by atoms with van der Waals surface area (Å²) < 4.78 is 0. The standard InChI is InChI=1S/C21H17N3O2/c25-20(17-12-6-2-7-13-17)19(16-10-4-1-5-11-16)23-24-21(26)22-18-14-8-3-9-15-18/h1-15H,(H2,22,24,26). The first-order chi connectivity index (χ1) is 12.7. The van der Waals surface area contributed by atoms with E-state index in [0.717, 1.165) is 0 Å². The van der Waals surface area contributed by atoms with E-state index in [2.05, 4.69) is 15.8 Å². The second-order valence-corrected chi connectivity index (χ2v) is 5.45. The fourth-order valence-electron chi connectivity index (χ4n) is 2.36. The highest BCUT2D eigenvalue weighted by Crippen LogP contribution is 2.09. The van der Waals surface area contributed by atoms with Crippen LogP contribution in [0.1, 0.15) is 15.9 Å². The van der Waals surface area contributed by atoms with Crippen molar-refractivity contribution >= 4 is 23.2 Å². The lowest BCUT2D eigenvalue weighted by Gasteiger charge is -2.08. The van der Waals surface area contributed by atoms with Gasteiger partial charge in [-0.15, -0.1) is 0 Å². The molecule has 5 heteroatoms. The molecule has 3 aromatic carbocycles. The Morgan fingerprint density at radius 1 is 0.654 bits per heavy atom. The molecule has 2 N–H and O–H groups in total. The van der Waals surface area contributed by atoms with E-state index in [4.69, 9.17) is 0 Å². The minimum absolute atomic E-state index is 0.167. The van der Waals surface area contributed by atoms with Crippen LogP contribution in [0, 0.1) is 0 Å². The average molecular weight is 343 g/mol. The van der Waals surface area contributed by atoms with Crippen LogP contribution in [-0.2, 0) is 0 Å². The van der Waals surface area contributed by atoms with E-state index in [0.29, 0.717) is 16.8 Å². The highest BCUT2D eigenvalue weighted by molar-refractivity contribution is 6.51. The van der Waals surface area contributed by atoms with Gasteiger partial charge in [0.2, 0.25) is 5.78 Å². The minimum atomic E-state index is -0.523. The first-order valence-corrected chi connectivity index (χ1v) is 8.09. The summed E-state index contributed by atoms with van der Waals surface area (Å²) in [6, 6.07) is 26.3. The van der Waals surface area contributed by atoms with Gasteiger partial charge in [-0.2, -0.15) is 5.10 Å². The lowest BCUT2D eigenvalue weighted by atomic mass is 10.0. The van der Waals surface area contributed by atoms with Crippen LogP contribution < -0.4 is 10.7 Å². The van der Waals surface area contributed by atoms with Crippen molar-refractivity contribution in [2.45, 2.75) is 0 Å². The number of benzene rings is 3. The molecule has 0 bridgehead atoms. The van der Waals surface area contributed by atoms with Crippen molar-refractivity contribution in [1.29, 1.82) is 0 Å². The number of hydrogen-bond acceptors (Lipinski definition) is 3. The summed E-state index contributed by atoms with van der Waals surface area (Å²) in [7, 11) is 0. The molecule has 0 aromatic heterocycles. The highest BCUT2D eigenvalue weighted by Gasteiger charge is 2.16. The molecule has 0 saturated carbocycles. The third kappa shape index (κ3) is 4.42. The number of rotatable bonds is 5. The van der Waals surface area contributed by atoms with Crippen molar-refractivity contribution < 1.29 is 9.59 Å². The summed E-state index contributed by atoms with van der Waals surface area (Å²) in [6.45, 7) is 0. The molecule has 0 radical (unpaired) electrons. The maximum atomic E-state index is 12.8. The molecule has 0 aliphatic carbocycles. The Bertz CT molecular complexity index is 908. The molecular weight excluding hydrogens is 326 g/mol. The predicted octanol–water partition coefficient (Wildman–Crippen LogP) is 4.10. The number of hydrogen-bond donors (Lipinski definition) is 2. The van der Waals surface area contributed by atoms with Gasteiger partial charge in [-0.1, -0.05) is 78.9 Å². The van der Waals surface area contributed by atoms with Crippen molar-refractivity contribution in [2.24, 2.45) is 5.10 Å². The van der Waals surface area contributed by atoms with Gasteiger partial charge in [-0.05, 0) is 12.1 Å². The maximum Gasteiger partial charge on any atom is 0.339 e. The van der Waals surface area contributed by atoms with Gasteiger partial charge in [-0.25, -0.2) is 10.2 Å². The molecule has 128 valence electrons. The Morgan fingerprint density at radius 2 is 1.15 bits per heavy atom. The number of nitrogens with one attached hydrogen (secondary N) is 2. The second-order valence-electron chi connectivity index (χ2n) is 5.45. The van der Waals surface area contributed by atoms with Crippen LogP contribution in [0.4, 0.5) is 10.5 Å². The summed E-state index contributed by atoms with van der Waals surface area (Å²) >= 11 is 0. The quantitative estimate of drug-likeness (QED) is 0.416. The Kier molecular flexibility index (Phi) is 5.52. The largest absolute Gasteiger partial charge is 0.339 e. The summed E-state index contributed by atoms with van der Waals surface area (Å²) in [5, 5.41) is 6.73. The third-order valence-corrected chi connectivity index (χ3v) is 3.60. The van der Waals surface area contributed by atoms with E-state index in [1.54, 1.807) is 48.5 Å². The van der Waals surface area contributed by atoms with Crippen molar-refractivity contribution in [3.63, 3.8) is 0 Å². The summed E-state index contributed by atoms with van der Waals surface area (Å²) in [4.78, 5) is 24.9. The molecule has 3 rings (SSSR count). The molecule has 0 saturated heterocycles. The summed E-state index contributed by atoms with van der Waals surface area (Å²) in [5.41, 5.74) is 4.33. The van der Waals surface area contributed by atoms with Crippen LogP contribution >= 0.6 is 0 Å². The van der Waals surface area contributed by atoms with E-state index in [1.165, 1.54) is 0 Å². The van der Waals surface area contributed by atoms with E-state index < -0.39 is 6.03 Å². The summed E-state index contributed by atoms with van der Waals surface area (Å²) in [6.07, 6.45) is 0. The Hall–Kier alpha value is -3.73. The highest BCUT2D eigenvalue weighted by atomic mass is 16.2. The molecular formula is C21H17N3O2. The van der Waals surface area contributed by atoms with Crippen molar-refractivity contribution in [2.75, 3.05) is 5.32 Å². The third-order valence-electron chi connectivity index (χ3n) is 3.60. The van der Waals surface area contributed by atoms with Gasteiger partial charge in [0.25, 0.3) is 0 Å². The first kappa shape index (κ1) is 17.1. The van der Waals surface area contributed by atoms with E-state index in [-0.39, 0.29) is 11.5 Å². The monoisotopic (exact) mass is 343 g/mol. The number of carbonyl (C=O) groups excluding carboxylic acids is 2. The number of amides is 2. The summed E-state index contributed by atoms with van der Waals surface area (Å²) in [5.74, 6) is -0.267. The second kappa shape index (κ2) is 8.39. The molecule has 0 fully saturated rings. The van der Waals surface area contributed by atoms with Crippen LogP contribution in [0.15, 0.2) is 96.1 Å². The average Bonchev–Trinajstić information content (AvgIpc) is 2.70. The molecule has 0 aliphatic heterocycles. The van der Waals surface area contributed by atoms with E-state index in [1.807, 2.05) is 42.5 Å². The lowest BCUT2D eigenvalue weighted by molar-refractivity contribution is 0.106. The smallest absolute Gasteiger partial charge is 0.307 e. The fraction of sp³-hybridized carbons (Fsp3) is 0. The molecule has 26 heavy (non-hydrogen) atoms. The van der Waals surface area contributed by atoms with Crippen LogP contribution in [0.5, 0.6) is 0 Å². The van der Waals surface area contributed by atoms with Gasteiger partial charge in [0.1, 0.15) is 5.71 Å². The lowest BCUT2D eigenvalue weighted by Crippen LogP contribution is -2.28. The van der Waals surface area contributed by atoms with Gasteiger partial charge >= 0.3 is 6.03 Å². The van der Waals surface area contributed by atoms with Crippen molar-refractivity contribution in [1.82, 2.24) is 5.43 Å². The molecule has 0 aliphatic rings. The molecule has 0 atom stereocenters. The van der Waals surface area contributed by atoms with Gasteiger partial charge in [0.15, 0.2) is 0 Å². The van der Waals surface area contributed by atoms with Crippen LogP contribution in [0.25, 0.3) is 0 Å². The molecule has 3 aromatic rings. The van der Waals surface area contributed by atoms with E-state index >= 15 is 0 Å². The number of anilines is 1. The number of para-hydroxylation sites is 1. The first-order valence-electron chi connectivity index (χ1n) is 8.09. The molecule has 0 unspecified atom stereocenters. The van der Waals surface area contributed by atoms with Gasteiger partial charge in [0.05, 0.1) is 0 Å². The number of ketones is 1. The number of carbonyl (C=O) groups is 2. The van der Waals surface area contributed by atoms with Crippen LogP contribution in [-0.4, -0.2) is 17.5 Å². The Labute approximate surface area is 151 Å². The zero-order chi connectivity index (χ0) is 18.2. The van der Waals surface area contributed by atoms with Crippen molar-refractivity contribution in [3.05, 3.63) is 102 Å². The van der Waals surface area contributed by atoms with E-state index in [9.17, 15) is 9.59 Å². The Morgan fingerprint density at radius 3 is 1.73 bits per heavy atom. The maximum absolute atomic E-state index is 12.8. The number of hydrazone groups is 1. The van der Waals surface area contributed by atoms with Crippen LogP contribution in [0.3, 0.4) is 0 Å². The SMILES string of the molecule is O=C(NN=C(C(=O)c1ccccc1)c1ccccc1)Nc1ccccc1. The van der Waals surface area contributed by atoms with Crippen LogP contribution in [0.2, 0.25) is 0 Å². The predicted molar refractivity (Wildman–Crippen MR) is 102 cm³/mol. The minimum Gasteiger partial charge on any atom is -0.307 e. The normalized spacial score (nSPS) is 10.8. The van der Waals surface area contributed by atoms with Crippen molar-refractivity contribution in [3.8, 4) is 0 Å². The number of nitrogens with zero attached hydrogens (tertiary/aromatic N) is 1. The van der Waals surface area contributed by atoms with Gasteiger partial charge < -0.3 is 5.32 Å². The zero-order valence-electron chi connectivity index (χ0n) is 13.9. The number of Topliss-reactive ketones (excluding diaryl/α,β-unsaturated/α-hetero) is 1. The molecule has 2 amide bonds. The molecule has 0 heterocycles. The fourth-order valence-corrected chi connectivity index (χ4v) is 2.36. The number of urea groups is 1. The molecule has 0 spiro atoms. The topological polar surface area (TPSA) is 70.6 Å². The molecule has 5 nitrogen and oxygen atoms in total. The van der Waals surface area contributed by atoms with Gasteiger partial charge in [-0.3, -0.25) is 4.79 Å².